The van der Waals surface area contributed by atoms with Crippen molar-refractivity contribution in [2.75, 3.05) is 0 Å². The van der Waals surface area contributed by atoms with Crippen LogP contribution in [0.5, 0.6) is 0 Å². The average Bonchev–Trinajstić information content (AvgIpc) is 3.71. The summed E-state index contributed by atoms with van der Waals surface area (Å²) in [4.78, 5) is 15.4. The maximum atomic E-state index is 5.20. The molecular formula is C49H38N4. The normalized spacial score (nSPS) is 23.5. The van der Waals surface area contributed by atoms with Crippen molar-refractivity contribution in [3.8, 4) is 51.0 Å². The van der Waals surface area contributed by atoms with Crippen LogP contribution in [0.4, 0.5) is 0 Å². The van der Waals surface area contributed by atoms with E-state index < -0.39 is 0 Å². The Hall–Kier alpha value is -5.87. The number of rotatable bonds is 4. The first-order chi connectivity index (χ1) is 26.3. The Bertz CT molecular complexity index is 2660. The van der Waals surface area contributed by atoms with Crippen LogP contribution in [0, 0.1) is 23.7 Å². The SMILES string of the molecule is c1ccc(-c2nc(-c3ccccc3)nc(-c3ccccc3-n3c4ccccc4c4c5c(ccc43)-c3ccccc3C53C4CC5CC(C4)CC3C5)n2)cc1. The zero-order chi connectivity index (χ0) is 34.7. The number of fused-ring (bicyclic) bond motifs is 7. The van der Waals surface area contributed by atoms with E-state index in [1.165, 1.54) is 65.0 Å². The molecule has 0 aliphatic heterocycles. The van der Waals surface area contributed by atoms with Gasteiger partial charge in [0.05, 0.1) is 16.7 Å². The lowest BCUT2D eigenvalue weighted by atomic mass is 9.43. The van der Waals surface area contributed by atoms with Crippen molar-refractivity contribution < 1.29 is 0 Å². The van der Waals surface area contributed by atoms with E-state index >= 15 is 0 Å². The van der Waals surface area contributed by atoms with Gasteiger partial charge in [-0.1, -0.05) is 121 Å². The molecule has 5 aliphatic rings. The molecule has 8 aromatic rings. The van der Waals surface area contributed by atoms with Gasteiger partial charge in [-0.25, -0.2) is 15.0 Å². The molecule has 53 heavy (non-hydrogen) atoms. The third-order valence-electron chi connectivity index (χ3n) is 13.4. The molecule has 4 heteroatoms. The molecule has 0 amide bonds. The summed E-state index contributed by atoms with van der Waals surface area (Å²) in [5.41, 5.74) is 12.7. The highest BCUT2D eigenvalue weighted by Gasteiger charge is 2.62. The van der Waals surface area contributed by atoms with Crippen LogP contribution in [0.25, 0.3) is 72.8 Å². The van der Waals surface area contributed by atoms with E-state index in [4.69, 9.17) is 15.0 Å². The fraction of sp³-hybridized carbons (Fsp3) is 0.204. The van der Waals surface area contributed by atoms with Gasteiger partial charge >= 0.3 is 0 Å². The first kappa shape index (κ1) is 29.7. The molecule has 0 radical (unpaired) electrons. The predicted molar refractivity (Wildman–Crippen MR) is 214 cm³/mol. The summed E-state index contributed by atoms with van der Waals surface area (Å²) in [6.07, 6.45) is 6.92. The Kier molecular flexibility index (Phi) is 6.20. The number of nitrogens with zero attached hydrogens (tertiary/aromatic N) is 4. The van der Waals surface area contributed by atoms with Crippen LogP contribution in [0.2, 0.25) is 0 Å². The first-order valence-electron chi connectivity index (χ1n) is 19.4. The Labute approximate surface area is 309 Å². The van der Waals surface area contributed by atoms with Gasteiger partial charge in [-0.2, -0.15) is 0 Å². The second-order valence-electron chi connectivity index (χ2n) is 16.0. The molecule has 4 saturated carbocycles. The summed E-state index contributed by atoms with van der Waals surface area (Å²) in [7, 11) is 0. The molecule has 0 saturated heterocycles. The Morgan fingerprint density at radius 1 is 0.453 bits per heavy atom. The van der Waals surface area contributed by atoms with Crippen LogP contribution in [0.1, 0.15) is 43.2 Å². The van der Waals surface area contributed by atoms with Crippen molar-refractivity contribution in [2.24, 2.45) is 23.7 Å². The van der Waals surface area contributed by atoms with Gasteiger partial charge in [0, 0.05) is 32.9 Å². The lowest BCUT2D eigenvalue weighted by molar-refractivity contribution is -0.0393. The lowest BCUT2D eigenvalue weighted by Crippen LogP contribution is -2.55. The highest BCUT2D eigenvalue weighted by molar-refractivity contribution is 6.15. The summed E-state index contributed by atoms with van der Waals surface area (Å²) in [5.74, 6) is 5.20. The van der Waals surface area contributed by atoms with Crippen LogP contribution in [0.15, 0.2) is 146 Å². The molecule has 4 nitrogen and oxygen atoms in total. The standard InChI is InChI=1S/C49H38N4/c1-3-13-32(14-4-1)46-50-47(33-15-5-2-6-16-33)52-48(51-46)39-19-9-12-22-42(39)53-41-21-11-8-18-38(41)44-43(53)24-23-37-36-17-7-10-20-40(36)49(45(37)44)34-26-30-25-31(28-34)29-35(49)27-30/h1-24,30-31,34-35H,25-29H2. The van der Waals surface area contributed by atoms with Crippen LogP contribution in [-0.4, -0.2) is 19.5 Å². The smallest absolute Gasteiger partial charge is 0.166 e. The predicted octanol–water partition coefficient (Wildman–Crippen LogP) is 11.7. The van der Waals surface area contributed by atoms with Gasteiger partial charge in [-0.05, 0) is 102 Å². The minimum Gasteiger partial charge on any atom is -0.308 e. The first-order valence-corrected chi connectivity index (χ1v) is 19.4. The highest BCUT2D eigenvalue weighted by Crippen LogP contribution is 2.70. The Morgan fingerprint density at radius 2 is 1.02 bits per heavy atom. The van der Waals surface area contributed by atoms with E-state index in [9.17, 15) is 0 Å². The summed E-state index contributed by atoms with van der Waals surface area (Å²) in [6, 6.07) is 52.6. The van der Waals surface area contributed by atoms with Gasteiger partial charge in [0.2, 0.25) is 0 Å². The van der Waals surface area contributed by atoms with Crippen molar-refractivity contribution >= 4 is 21.8 Å². The summed E-state index contributed by atoms with van der Waals surface area (Å²) in [5, 5.41) is 2.77. The summed E-state index contributed by atoms with van der Waals surface area (Å²) in [6.45, 7) is 0. The number of hydrogen-bond donors (Lipinski definition) is 0. The molecule has 4 bridgehead atoms. The summed E-state index contributed by atoms with van der Waals surface area (Å²) < 4.78 is 2.50. The zero-order valence-corrected chi connectivity index (χ0v) is 29.5. The van der Waals surface area contributed by atoms with Crippen molar-refractivity contribution in [1.82, 2.24) is 19.5 Å². The van der Waals surface area contributed by atoms with Gasteiger partial charge in [0.1, 0.15) is 0 Å². The largest absolute Gasteiger partial charge is 0.308 e. The molecule has 1 spiro atoms. The van der Waals surface area contributed by atoms with E-state index in [2.05, 4.69) is 114 Å². The maximum Gasteiger partial charge on any atom is 0.166 e. The third kappa shape index (κ3) is 4.09. The zero-order valence-electron chi connectivity index (χ0n) is 29.5. The monoisotopic (exact) mass is 682 g/mol. The van der Waals surface area contributed by atoms with E-state index in [0.29, 0.717) is 29.3 Å². The molecule has 13 rings (SSSR count). The van der Waals surface area contributed by atoms with Gasteiger partial charge in [0.25, 0.3) is 0 Å². The van der Waals surface area contributed by atoms with Gasteiger partial charge < -0.3 is 4.57 Å². The molecule has 5 aliphatic carbocycles. The Balaban J connectivity index is 1.14. The molecule has 0 atom stereocenters. The number of aromatic nitrogens is 4. The molecule has 0 unspecified atom stereocenters. The van der Waals surface area contributed by atoms with Crippen LogP contribution >= 0.6 is 0 Å². The van der Waals surface area contributed by atoms with Gasteiger partial charge in [-0.3, -0.25) is 0 Å². The fourth-order valence-corrected chi connectivity index (χ4v) is 11.7. The maximum absolute atomic E-state index is 5.20. The molecule has 0 N–H and O–H groups in total. The average molecular weight is 683 g/mol. The van der Waals surface area contributed by atoms with Gasteiger partial charge in [0.15, 0.2) is 17.5 Å². The van der Waals surface area contributed by atoms with Crippen molar-refractivity contribution in [1.29, 1.82) is 0 Å². The van der Waals surface area contributed by atoms with Gasteiger partial charge in [-0.15, -0.1) is 0 Å². The molecule has 4 fully saturated rings. The van der Waals surface area contributed by atoms with Crippen LogP contribution in [0.3, 0.4) is 0 Å². The lowest BCUT2D eigenvalue weighted by Gasteiger charge is -2.61. The van der Waals surface area contributed by atoms with E-state index in [1.807, 2.05) is 36.4 Å². The van der Waals surface area contributed by atoms with E-state index in [1.54, 1.807) is 11.1 Å². The van der Waals surface area contributed by atoms with E-state index in [-0.39, 0.29) is 5.41 Å². The summed E-state index contributed by atoms with van der Waals surface area (Å²) >= 11 is 0. The number of hydrogen-bond acceptors (Lipinski definition) is 3. The topological polar surface area (TPSA) is 43.6 Å². The minimum atomic E-state index is 0.0662. The molecule has 2 aromatic heterocycles. The van der Waals surface area contributed by atoms with Crippen molar-refractivity contribution in [2.45, 2.75) is 37.5 Å². The van der Waals surface area contributed by atoms with E-state index in [0.717, 1.165) is 34.2 Å². The number of benzene rings is 6. The second-order valence-corrected chi connectivity index (χ2v) is 16.0. The molecular weight excluding hydrogens is 645 g/mol. The van der Waals surface area contributed by atoms with Crippen molar-refractivity contribution in [3.63, 3.8) is 0 Å². The minimum absolute atomic E-state index is 0.0662. The Morgan fingerprint density at radius 3 is 1.72 bits per heavy atom. The highest BCUT2D eigenvalue weighted by atomic mass is 15.1. The van der Waals surface area contributed by atoms with Crippen molar-refractivity contribution in [3.05, 3.63) is 157 Å². The molecule has 6 aromatic carbocycles. The quantitative estimate of drug-likeness (QED) is 0.186. The second kappa shape index (κ2) is 11.1. The molecule has 2 heterocycles. The number of para-hydroxylation sites is 2. The fourth-order valence-electron chi connectivity index (χ4n) is 11.7. The van der Waals surface area contributed by atoms with Crippen LogP contribution in [-0.2, 0) is 5.41 Å². The van der Waals surface area contributed by atoms with Crippen LogP contribution < -0.4 is 0 Å². The third-order valence-corrected chi connectivity index (χ3v) is 13.4. The molecule has 254 valence electrons.